The van der Waals surface area contributed by atoms with Gasteiger partial charge in [0.2, 0.25) is 5.56 Å². The number of thiazole rings is 1. The van der Waals surface area contributed by atoms with Crippen molar-refractivity contribution in [3.63, 3.8) is 0 Å². The lowest BCUT2D eigenvalue weighted by Gasteiger charge is -2.44. The molecule has 0 unspecified atom stereocenters. The van der Waals surface area contributed by atoms with E-state index in [0.29, 0.717) is 61.2 Å². The number of rotatable bonds is 6. The molecule has 0 bridgehead atoms. The van der Waals surface area contributed by atoms with E-state index in [1.807, 2.05) is 18.0 Å². The van der Waals surface area contributed by atoms with Crippen LogP contribution in [0.25, 0.3) is 5.57 Å². The molecule has 2 atom stereocenters. The molecule has 2 aromatic heterocycles. The molecule has 1 fully saturated rings. The van der Waals surface area contributed by atoms with Crippen LogP contribution in [0, 0.1) is 17.1 Å². The molecule has 9 nitrogen and oxygen atoms in total. The summed E-state index contributed by atoms with van der Waals surface area (Å²) in [5.74, 6) is -1.29. The van der Waals surface area contributed by atoms with Crippen molar-refractivity contribution in [1.82, 2.24) is 14.9 Å². The number of alkyl halides is 2. The van der Waals surface area contributed by atoms with Crippen LogP contribution in [0.15, 0.2) is 41.5 Å². The average molecular weight is 612 g/mol. The zero-order chi connectivity index (χ0) is 30.8. The van der Waals surface area contributed by atoms with Gasteiger partial charge in [-0.15, -0.1) is 0 Å². The van der Waals surface area contributed by atoms with Gasteiger partial charge in [-0.3, -0.25) is 14.5 Å². The number of H-pyrrole nitrogens is 1. The van der Waals surface area contributed by atoms with Gasteiger partial charge in [0.25, 0.3) is 12.3 Å². The van der Waals surface area contributed by atoms with Crippen molar-refractivity contribution in [2.24, 2.45) is 0 Å². The maximum absolute atomic E-state index is 15.9. The lowest BCUT2D eigenvalue weighted by Crippen LogP contribution is -2.55. The summed E-state index contributed by atoms with van der Waals surface area (Å²) < 4.78 is 43.4. The highest BCUT2D eigenvalue weighted by molar-refractivity contribution is 7.16. The van der Waals surface area contributed by atoms with Crippen molar-refractivity contribution < 1.29 is 18.0 Å². The van der Waals surface area contributed by atoms with E-state index in [9.17, 15) is 18.4 Å². The van der Waals surface area contributed by atoms with Crippen LogP contribution < -0.4 is 20.7 Å². The Hall–Kier alpha value is -4.15. The number of carbonyl (C=O) groups is 1. The van der Waals surface area contributed by atoms with Gasteiger partial charge in [0.1, 0.15) is 16.8 Å². The fourth-order valence-electron chi connectivity index (χ4n) is 5.59. The van der Waals surface area contributed by atoms with E-state index >= 15 is 4.39 Å². The summed E-state index contributed by atoms with van der Waals surface area (Å²) in [5.41, 5.74) is 0.00815. The molecular formula is C30H32F3N7O2S. The van der Waals surface area contributed by atoms with Crippen molar-refractivity contribution in [1.29, 1.82) is 5.26 Å². The van der Waals surface area contributed by atoms with Crippen LogP contribution in [0.1, 0.15) is 59.5 Å². The molecule has 1 saturated heterocycles. The van der Waals surface area contributed by atoms with Crippen molar-refractivity contribution in [3.05, 3.63) is 74.4 Å². The number of benzene rings is 1. The Morgan fingerprint density at radius 1 is 1.19 bits per heavy atom. The standard InChI is InChI=1S/C30H32F3N7O2S/c1-17-15-40(16-18(2)38(17)3)26-11-24(31)21(19-5-4-7-39(8-6-19)30-36-13-20(12-34)43-30)9-25(26)37-29(42)23-14-35-27(41)10-22(23)28(32)33/h5,9-11,13-14,17-18,28H,4,6-8,15-16H2,1-3H3,(H,35,41)(H,37,42)/t17-,18+. The van der Waals surface area contributed by atoms with Gasteiger partial charge < -0.3 is 20.1 Å². The second-order valence-electron chi connectivity index (χ2n) is 10.9. The summed E-state index contributed by atoms with van der Waals surface area (Å²) in [6.07, 6.45) is 2.54. The normalized spacial score (nSPS) is 19.6. The molecule has 5 rings (SSSR count). The van der Waals surface area contributed by atoms with Gasteiger partial charge >= 0.3 is 0 Å². The molecule has 13 heteroatoms. The molecule has 3 aromatic rings. The molecule has 0 aliphatic carbocycles. The maximum atomic E-state index is 15.9. The Labute approximate surface area is 251 Å². The van der Waals surface area contributed by atoms with Gasteiger partial charge in [-0.05, 0) is 51.4 Å². The molecule has 4 heterocycles. The molecule has 1 aromatic carbocycles. The summed E-state index contributed by atoms with van der Waals surface area (Å²) in [5, 5.41) is 12.6. The first-order valence-corrected chi connectivity index (χ1v) is 14.8. The van der Waals surface area contributed by atoms with Crippen molar-refractivity contribution in [3.8, 4) is 6.07 Å². The Balaban J connectivity index is 1.50. The molecule has 2 N–H and O–H groups in total. The van der Waals surface area contributed by atoms with Crippen LogP contribution >= 0.6 is 11.3 Å². The van der Waals surface area contributed by atoms with E-state index < -0.39 is 29.3 Å². The Kier molecular flexibility index (Phi) is 8.89. The Morgan fingerprint density at radius 2 is 1.93 bits per heavy atom. The lowest BCUT2D eigenvalue weighted by atomic mass is 9.98. The second-order valence-corrected chi connectivity index (χ2v) is 11.9. The van der Waals surface area contributed by atoms with Crippen LogP contribution in [-0.4, -0.2) is 66.1 Å². The summed E-state index contributed by atoms with van der Waals surface area (Å²) >= 11 is 1.30. The highest BCUT2D eigenvalue weighted by atomic mass is 32.1. The number of piperazine rings is 1. The molecule has 2 aliphatic heterocycles. The van der Waals surface area contributed by atoms with Crippen LogP contribution in [0.2, 0.25) is 0 Å². The van der Waals surface area contributed by atoms with Crippen molar-refractivity contribution in [2.45, 2.75) is 45.2 Å². The van der Waals surface area contributed by atoms with Crippen molar-refractivity contribution >= 4 is 39.3 Å². The number of nitrogens with zero attached hydrogens (tertiary/aromatic N) is 5. The zero-order valence-corrected chi connectivity index (χ0v) is 24.8. The van der Waals surface area contributed by atoms with Gasteiger partial charge in [-0.25, -0.2) is 18.2 Å². The highest BCUT2D eigenvalue weighted by Gasteiger charge is 2.30. The third-order valence-electron chi connectivity index (χ3n) is 8.13. The van der Waals surface area contributed by atoms with E-state index in [1.165, 1.54) is 23.6 Å². The van der Waals surface area contributed by atoms with Crippen molar-refractivity contribution in [2.75, 3.05) is 48.3 Å². The summed E-state index contributed by atoms with van der Waals surface area (Å²) in [4.78, 5) is 38.5. The predicted molar refractivity (Wildman–Crippen MR) is 162 cm³/mol. The Morgan fingerprint density at radius 3 is 2.60 bits per heavy atom. The first-order valence-electron chi connectivity index (χ1n) is 14.0. The average Bonchev–Trinajstić information content (AvgIpc) is 3.33. The number of aromatic amines is 1. The van der Waals surface area contributed by atoms with Gasteiger partial charge in [-0.1, -0.05) is 17.4 Å². The number of nitriles is 1. The van der Waals surface area contributed by atoms with E-state index in [0.717, 1.165) is 16.9 Å². The largest absolute Gasteiger partial charge is 0.367 e. The maximum Gasteiger partial charge on any atom is 0.264 e. The quantitative estimate of drug-likeness (QED) is 0.392. The van der Waals surface area contributed by atoms with Gasteiger partial charge in [0.05, 0.1) is 23.1 Å². The minimum absolute atomic E-state index is 0.141. The number of likely N-dealkylation sites (N-methyl/N-ethyl adjacent to an activating group) is 1. The van der Waals surface area contributed by atoms with Gasteiger partial charge in [0.15, 0.2) is 5.13 Å². The Bertz CT molecular complexity index is 1640. The lowest BCUT2D eigenvalue weighted by molar-refractivity contribution is 0.101. The minimum Gasteiger partial charge on any atom is -0.367 e. The molecule has 0 saturated carbocycles. The first-order chi connectivity index (χ1) is 20.5. The molecule has 226 valence electrons. The first kappa shape index (κ1) is 30.3. The number of nitrogens with one attached hydrogen (secondary N) is 2. The topological polar surface area (TPSA) is 108 Å². The van der Waals surface area contributed by atoms with Crippen LogP contribution in [0.4, 0.5) is 29.7 Å². The predicted octanol–water partition coefficient (Wildman–Crippen LogP) is 5.24. The van der Waals surface area contributed by atoms with E-state index in [2.05, 4.69) is 45.0 Å². The molecule has 0 spiro atoms. The van der Waals surface area contributed by atoms with Gasteiger partial charge in [-0.2, -0.15) is 5.26 Å². The number of hydrogen-bond acceptors (Lipinski definition) is 8. The van der Waals surface area contributed by atoms with Crippen LogP contribution in [-0.2, 0) is 0 Å². The fourth-order valence-corrected chi connectivity index (χ4v) is 6.35. The summed E-state index contributed by atoms with van der Waals surface area (Å²) in [7, 11) is 2.02. The number of amides is 1. The summed E-state index contributed by atoms with van der Waals surface area (Å²) in [6, 6.07) is 6.07. The third kappa shape index (κ3) is 6.45. The number of aromatic nitrogens is 2. The van der Waals surface area contributed by atoms with E-state index in [4.69, 9.17) is 5.26 Å². The molecule has 1 amide bonds. The molecular weight excluding hydrogens is 579 g/mol. The third-order valence-corrected chi connectivity index (χ3v) is 9.09. The zero-order valence-electron chi connectivity index (χ0n) is 24.0. The molecule has 2 aliphatic rings. The van der Waals surface area contributed by atoms with E-state index in [1.54, 1.807) is 6.07 Å². The number of anilines is 3. The summed E-state index contributed by atoms with van der Waals surface area (Å²) in [6.45, 7) is 6.45. The molecule has 43 heavy (non-hydrogen) atoms. The second kappa shape index (κ2) is 12.6. The smallest absolute Gasteiger partial charge is 0.264 e. The number of pyridine rings is 1. The highest BCUT2D eigenvalue weighted by Crippen LogP contribution is 2.37. The number of halogens is 3. The van der Waals surface area contributed by atoms with Gasteiger partial charge in [0, 0.05) is 61.7 Å². The number of carbonyl (C=O) groups excluding carboxylic acids is 1. The number of hydrogen-bond donors (Lipinski definition) is 2. The molecule has 0 radical (unpaired) electrons. The van der Waals surface area contributed by atoms with Crippen LogP contribution in [0.5, 0.6) is 0 Å². The monoisotopic (exact) mass is 611 g/mol. The fraction of sp³-hybridized carbons (Fsp3) is 0.400. The van der Waals surface area contributed by atoms with Crippen LogP contribution in [0.3, 0.4) is 0 Å². The minimum atomic E-state index is -3.04. The SMILES string of the molecule is C[C@@H]1CN(c2cc(F)c(C3=CCCN(c4ncc(C#N)s4)CC3)cc2NC(=O)c2c[nH]c(=O)cc2C(F)F)C[C@H](C)N1C. The van der Waals surface area contributed by atoms with E-state index in [-0.39, 0.29) is 23.3 Å².